The van der Waals surface area contributed by atoms with Crippen molar-refractivity contribution < 1.29 is 17.9 Å². The number of carbonyl (C=O) groups excluding carboxylic acids is 1. The summed E-state index contributed by atoms with van der Waals surface area (Å²) in [6, 6.07) is 13.2. The van der Waals surface area contributed by atoms with Crippen molar-refractivity contribution in [2.45, 2.75) is 24.7 Å². The maximum absolute atomic E-state index is 12.6. The molecule has 0 aliphatic heterocycles. The molecule has 0 heterocycles. The van der Waals surface area contributed by atoms with Crippen molar-refractivity contribution >= 4 is 21.6 Å². The van der Waals surface area contributed by atoms with Crippen LogP contribution in [-0.2, 0) is 21.2 Å². The molecule has 0 bridgehead atoms. The average molecular weight is 376 g/mol. The molecule has 0 fully saturated rings. The largest absolute Gasteiger partial charge is 0.385 e. The fourth-order valence-corrected chi connectivity index (χ4v) is 3.54. The van der Waals surface area contributed by atoms with E-state index in [4.69, 9.17) is 4.74 Å². The lowest BCUT2D eigenvalue weighted by atomic mass is 10.1. The minimum absolute atomic E-state index is 0.110. The second-order valence-corrected chi connectivity index (χ2v) is 7.43. The number of sulfonamides is 1. The molecule has 2 aromatic rings. The van der Waals surface area contributed by atoms with E-state index in [1.165, 1.54) is 24.3 Å². The predicted molar refractivity (Wildman–Crippen MR) is 102 cm³/mol. The van der Waals surface area contributed by atoms with Gasteiger partial charge in [-0.1, -0.05) is 25.1 Å². The van der Waals surface area contributed by atoms with Crippen molar-refractivity contribution in [1.82, 2.24) is 5.32 Å². The lowest BCUT2D eigenvalue weighted by Gasteiger charge is -2.12. The molecule has 0 aromatic heterocycles. The topological polar surface area (TPSA) is 84.5 Å². The summed E-state index contributed by atoms with van der Waals surface area (Å²) < 4.78 is 32.7. The van der Waals surface area contributed by atoms with E-state index in [1.807, 2.05) is 19.1 Å². The van der Waals surface area contributed by atoms with Crippen LogP contribution in [-0.4, -0.2) is 34.6 Å². The molecule has 0 saturated carbocycles. The molecular weight excluding hydrogens is 352 g/mol. The molecule has 0 spiro atoms. The van der Waals surface area contributed by atoms with Crippen LogP contribution < -0.4 is 10.0 Å². The first-order chi connectivity index (χ1) is 12.5. The Bertz CT molecular complexity index is 833. The Morgan fingerprint density at radius 1 is 1.08 bits per heavy atom. The number of methoxy groups -OCH3 is 1. The summed E-state index contributed by atoms with van der Waals surface area (Å²) in [6.45, 7) is 3.04. The Morgan fingerprint density at radius 2 is 1.77 bits per heavy atom. The number of rotatable bonds is 9. The van der Waals surface area contributed by atoms with E-state index >= 15 is 0 Å². The summed E-state index contributed by atoms with van der Waals surface area (Å²) in [5.41, 5.74) is 1.90. The molecule has 26 heavy (non-hydrogen) atoms. The number of nitrogens with one attached hydrogen (secondary N) is 2. The summed E-state index contributed by atoms with van der Waals surface area (Å²) in [7, 11) is -2.11. The first kappa shape index (κ1) is 19.9. The lowest BCUT2D eigenvalue weighted by molar-refractivity contribution is 0.0948. The molecule has 140 valence electrons. The highest BCUT2D eigenvalue weighted by atomic mass is 32.2. The van der Waals surface area contributed by atoms with Gasteiger partial charge in [-0.15, -0.1) is 0 Å². The molecule has 2 aromatic carbocycles. The molecule has 0 unspecified atom stereocenters. The number of aryl methyl sites for hydroxylation is 1. The Hall–Kier alpha value is -2.38. The van der Waals surface area contributed by atoms with Gasteiger partial charge in [-0.05, 0) is 48.7 Å². The third-order valence-electron chi connectivity index (χ3n) is 3.88. The fourth-order valence-electron chi connectivity index (χ4n) is 2.44. The van der Waals surface area contributed by atoms with Gasteiger partial charge in [0.2, 0.25) is 0 Å². The Kier molecular flexibility index (Phi) is 7.17. The van der Waals surface area contributed by atoms with Gasteiger partial charge in [0.15, 0.2) is 0 Å². The quantitative estimate of drug-likeness (QED) is 0.659. The Morgan fingerprint density at radius 3 is 2.42 bits per heavy atom. The van der Waals surface area contributed by atoms with Crippen molar-refractivity contribution in [2.24, 2.45) is 0 Å². The standard InChI is InChI=1S/C19H24N2O4S/c1-3-15-7-4-5-8-18(15)21-26(23,24)17-11-9-16(10-12-17)19(22)20-13-6-14-25-2/h4-5,7-12,21H,3,6,13-14H2,1-2H3,(H,20,22). The molecule has 0 atom stereocenters. The molecular formula is C19H24N2O4S. The van der Waals surface area contributed by atoms with E-state index in [9.17, 15) is 13.2 Å². The van der Waals surface area contributed by atoms with Crippen LogP contribution in [0.25, 0.3) is 0 Å². The summed E-state index contributed by atoms with van der Waals surface area (Å²) in [6.07, 6.45) is 1.44. The van der Waals surface area contributed by atoms with E-state index in [2.05, 4.69) is 10.0 Å². The van der Waals surface area contributed by atoms with Gasteiger partial charge in [-0.2, -0.15) is 0 Å². The van der Waals surface area contributed by atoms with E-state index in [-0.39, 0.29) is 10.8 Å². The SMILES string of the molecule is CCc1ccccc1NS(=O)(=O)c1ccc(C(=O)NCCCOC)cc1. The molecule has 0 aliphatic rings. The van der Waals surface area contributed by atoms with Gasteiger partial charge >= 0.3 is 0 Å². The number of ether oxygens (including phenoxy) is 1. The van der Waals surface area contributed by atoms with Crippen molar-refractivity contribution in [3.63, 3.8) is 0 Å². The van der Waals surface area contributed by atoms with Crippen molar-refractivity contribution in [2.75, 3.05) is 25.0 Å². The zero-order valence-electron chi connectivity index (χ0n) is 15.0. The predicted octanol–water partition coefficient (Wildman–Crippen LogP) is 2.82. The molecule has 0 radical (unpaired) electrons. The van der Waals surface area contributed by atoms with Gasteiger partial charge in [0.25, 0.3) is 15.9 Å². The molecule has 1 amide bonds. The summed E-state index contributed by atoms with van der Waals surface area (Å²) in [5, 5.41) is 2.76. The normalized spacial score (nSPS) is 11.2. The van der Waals surface area contributed by atoms with Gasteiger partial charge in [-0.25, -0.2) is 8.42 Å². The van der Waals surface area contributed by atoms with Crippen LogP contribution in [0.3, 0.4) is 0 Å². The summed E-state index contributed by atoms with van der Waals surface area (Å²) >= 11 is 0. The summed E-state index contributed by atoms with van der Waals surface area (Å²) in [4.78, 5) is 12.1. The van der Waals surface area contributed by atoms with Gasteiger partial charge < -0.3 is 10.1 Å². The van der Waals surface area contributed by atoms with Crippen LogP contribution in [0.1, 0.15) is 29.3 Å². The van der Waals surface area contributed by atoms with E-state index in [1.54, 1.807) is 19.2 Å². The molecule has 2 N–H and O–H groups in total. The number of hydrogen-bond acceptors (Lipinski definition) is 4. The molecule has 6 nitrogen and oxygen atoms in total. The van der Waals surface area contributed by atoms with Gasteiger partial charge in [0.1, 0.15) is 0 Å². The van der Waals surface area contributed by atoms with E-state index in [0.717, 1.165) is 18.4 Å². The number of carbonyl (C=O) groups is 1. The van der Waals surface area contributed by atoms with Gasteiger partial charge in [0.05, 0.1) is 10.6 Å². The second kappa shape index (κ2) is 9.35. The van der Waals surface area contributed by atoms with E-state index < -0.39 is 10.0 Å². The Labute approximate surface area is 154 Å². The molecule has 2 rings (SSSR count). The minimum atomic E-state index is -3.71. The molecule has 7 heteroatoms. The molecule has 0 aliphatic carbocycles. The van der Waals surface area contributed by atoms with Crippen molar-refractivity contribution in [3.8, 4) is 0 Å². The van der Waals surface area contributed by atoms with Crippen LogP contribution >= 0.6 is 0 Å². The summed E-state index contributed by atoms with van der Waals surface area (Å²) in [5.74, 6) is -0.241. The van der Waals surface area contributed by atoms with Gasteiger partial charge in [0, 0.05) is 25.8 Å². The van der Waals surface area contributed by atoms with Crippen LogP contribution in [0.15, 0.2) is 53.4 Å². The van der Waals surface area contributed by atoms with Crippen LogP contribution in [0.2, 0.25) is 0 Å². The maximum Gasteiger partial charge on any atom is 0.261 e. The number of anilines is 1. The second-order valence-electron chi connectivity index (χ2n) is 5.74. The van der Waals surface area contributed by atoms with Crippen LogP contribution in [0.5, 0.6) is 0 Å². The third kappa shape index (κ3) is 5.31. The first-order valence-corrected chi connectivity index (χ1v) is 9.94. The smallest absolute Gasteiger partial charge is 0.261 e. The average Bonchev–Trinajstić information content (AvgIpc) is 2.65. The number of para-hydroxylation sites is 1. The fraction of sp³-hybridized carbons (Fsp3) is 0.316. The molecule has 0 saturated heterocycles. The lowest BCUT2D eigenvalue weighted by Crippen LogP contribution is -2.25. The maximum atomic E-state index is 12.6. The number of amides is 1. The zero-order chi connectivity index (χ0) is 19.0. The van der Waals surface area contributed by atoms with Crippen LogP contribution in [0.4, 0.5) is 5.69 Å². The van der Waals surface area contributed by atoms with Crippen molar-refractivity contribution in [3.05, 3.63) is 59.7 Å². The number of hydrogen-bond donors (Lipinski definition) is 2. The highest BCUT2D eigenvalue weighted by molar-refractivity contribution is 7.92. The monoisotopic (exact) mass is 376 g/mol. The van der Waals surface area contributed by atoms with Crippen molar-refractivity contribution in [1.29, 1.82) is 0 Å². The van der Waals surface area contributed by atoms with Gasteiger partial charge in [-0.3, -0.25) is 9.52 Å². The zero-order valence-corrected chi connectivity index (χ0v) is 15.8. The highest BCUT2D eigenvalue weighted by Gasteiger charge is 2.16. The Balaban J connectivity index is 2.07. The highest BCUT2D eigenvalue weighted by Crippen LogP contribution is 2.20. The third-order valence-corrected chi connectivity index (χ3v) is 5.26. The first-order valence-electron chi connectivity index (χ1n) is 8.46. The minimum Gasteiger partial charge on any atom is -0.385 e. The van der Waals surface area contributed by atoms with Crippen LogP contribution in [0, 0.1) is 0 Å². The number of benzene rings is 2. The van der Waals surface area contributed by atoms with E-state index in [0.29, 0.717) is 24.4 Å².